The van der Waals surface area contributed by atoms with Crippen molar-refractivity contribution in [3.05, 3.63) is 41.0 Å². The highest BCUT2D eigenvalue weighted by atomic mass is 15.4. The van der Waals surface area contributed by atoms with Gasteiger partial charge in [0, 0.05) is 25.8 Å². The van der Waals surface area contributed by atoms with Gasteiger partial charge in [-0.2, -0.15) is 0 Å². The van der Waals surface area contributed by atoms with E-state index in [0.717, 1.165) is 37.1 Å². The normalized spacial score (nSPS) is 14.4. The van der Waals surface area contributed by atoms with Gasteiger partial charge in [0.2, 0.25) is 0 Å². The van der Waals surface area contributed by atoms with Crippen LogP contribution in [0.2, 0.25) is 0 Å². The molecule has 0 atom stereocenters. The highest BCUT2D eigenvalue weighted by Gasteiger charge is 2.18. The molecule has 0 saturated carbocycles. The van der Waals surface area contributed by atoms with Gasteiger partial charge in [0.25, 0.3) is 0 Å². The first-order chi connectivity index (χ1) is 12.2. The lowest BCUT2D eigenvalue weighted by Gasteiger charge is -2.17. The van der Waals surface area contributed by atoms with E-state index in [0.29, 0.717) is 0 Å². The molecule has 1 aromatic carbocycles. The quantitative estimate of drug-likeness (QED) is 0.718. The Morgan fingerprint density at radius 1 is 1.16 bits per heavy atom. The summed E-state index contributed by atoms with van der Waals surface area (Å²) >= 11 is 0. The number of hydrogen-bond donors (Lipinski definition) is 0. The Balaban J connectivity index is 1.49. The third-order valence-corrected chi connectivity index (χ3v) is 5.21. The van der Waals surface area contributed by atoms with Crippen LogP contribution in [0.4, 0.5) is 0 Å². The lowest BCUT2D eigenvalue weighted by molar-refractivity contribution is 0.307. The van der Waals surface area contributed by atoms with Crippen LogP contribution in [0.15, 0.2) is 18.2 Å². The Morgan fingerprint density at radius 3 is 2.80 bits per heavy atom. The number of aromatic nitrogens is 5. The van der Waals surface area contributed by atoms with Crippen LogP contribution in [0.5, 0.6) is 0 Å². The molecule has 0 bridgehead atoms. The summed E-state index contributed by atoms with van der Waals surface area (Å²) in [5.74, 6) is 1.17. The molecule has 4 rings (SSSR count). The molecule has 0 saturated heterocycles. The first-order valence-corrected chi connectivity index (χ1v) is 9.19. The Morgan fingerprint density at radius 2 is 2.00 bits per heavy atom. The second-order valence-electron chi connectivity index (χ2n) is 7.09. The monoisotopic (exact) mass is 338 g/mol. The summed E-state index contributed by atoms with van der Waals surface area (Å²) in [5, 5.41) is 8.47. The Kier molecular flexibility index (Phi) is 4.29. The first kappa shape index (κ1) is 16.3. The molecule has 0 aliphatic heterocycles. The third kappa shape index (κ3) is 3.06. The molecule has 0 radical (unpaired) electrons. The molecule has 3 aromatic rings. The van der Waals surface area contributed by atoms with Gasteiger partial charge in [0.1, 0.15) is 11.3 Å². The van der Waals surface area contributed by atoms with E-state index in [1.807, 2.05) is 4.68 Å². The number of fused-ring (bicyclic) bond motifs is 2. The van der Waals surface area contributed by atoms with Gasteiger partial charge in [-0.3, -0.25) is 4.90 Å². The summed E-state index contributed by atoms with van der Waals surface area (Å²) in [6.07, 6.45) is 4.88. The number of benzene rings is 1. The zero-order valence-electron chi connectivity index (χ0n) is 15.4. The van der Waals surface area contributed by atoms with E-state index in [2.05, 4.69) is 59.0 Å². The number of aryl methyl sites for hydroxylation is 2. The highest BCUT2D eigenvalue weighted by Crippen LogP contribution is 2.22. The molecule has 0 unspecified atom stereocenters. The lowest BCUT2D eigenvalue weighted by atomic mass is 10.0. The first-order valence-electron chi connectivity index (χ1n) is 9.19. The van der Waals surface area contributed by atoms with Crippen molar-refractivity contribution in [2.45, 2.75) is 52.2 Å². The fraction of sp³-hybridized carbons (Fsp3) is 0.526. The van der Waals surface area contributed by atoms with Gasteiger partial charge in [0.05, 0.1) is 17.8 Å². The second kappa shape index (κ2) is 6.59. The minimum atomic E-state index is 0.847. The highest BCUT2D eigenvalue weighted by molar-refractivity contribution is 5.74. The van der Waals surface area contributed by atoms with Crippen LogP contribution < -0.4 is 0 Å². The minimum absolute atomic E-state index is 0.847. The fourth-order valence-electron chi connectivity index (χ4n) is 3.84. The zero-order valence-corrected chi connectivity index (χ0v) is 15.4. The van der Waals surface area contributed by atoms with E-state index in [1.54, 1.807) is 0 Å². The van der Waals surface area contributed by atoms with Gasteiger partial charge < -0.3 is 4.57 Å². The third-order valence-electron chi connectivity index (χ3n) is 5.21. The molecule has 0 spiro atoms. The van der Waals surface area contributed by atoms with E-state index in [4.69, 9.17) is 4.98 Å². The van der Waals surface area contributed by atoms with Crippen molar-refractivity contribution in [1.82, 2.24) is 29.4 Å². The summed E-state index contributed by atoms with van der Waals surface area (Å²) in [5.41, 5.74) is 6.09. The minimum Gasteiger partial charge on any atom is -0.334 e. The maximum Gasteiger partial charge on any atom is 0.123 e. The molecule has 1 aliphatic carbocycles. The van der Waals surface area contributed by atoms with Gasteiger partial charge in [-0.05, 0) is 57.4 Å². The summed E-state index contributed by atoms with van der Waals surface area (Å²) < 4.78 is 4.24. The van der Waals surface area contributed by atoms with E-state index >= 15 is 0 Å². The van der Waals surface area contributed by atoms with Crippen molar-refractivity contribution in [3.63, 3.8) is 0 Å². The van der Waals surface area contributed by atoms with Gasteiger partial charge in [-0.25, -0.2) is 9.67 Å². The van der Waals surface area contributed by atoms with E-state index in [9.17, 15) is 0 Å². The van der Waals surface area contributed by atoms with E-state index < -0.39 is 0 Å². The molecular formula is C19H26N6. The molecule has 0 N–H and O–H groups in total. The smallest absolute Gasteiger partial charge is 0.123 e. The second-order valence-corrected chi connectivity index (χ2v) is 7.09. The predicted octanol–water partition coefficient (Wildman–Crippen LogP) is 2.70. The van der Waals surface area contributed by atoms with Crippen molar-refractivity contribution in [2.75, 3.05) is 7.05 Å². The topological polar surface area (TPSA) is 51.8 Å². The predicted molar refractivity (Wildman–Crippen MR) is 98.2 cm³/mol. The van der Waals surface area contributed by atoms with Crippen molar-refractivity contribution in [2.24, 2.45) is 7.05 Å². The SMILES string of the molecule is CCn1nnc2cc(CN(C)Cc3nc4c(n3C)CCCC4)ccc21. The molecule has 132 valence electrons. The van der Waals surface area contributed by atoms with E-state index in [1.165, 1.54) is 42.0 Å². The van der Waals surface area contributed by atoms with Crippen molar-refractivity contribution >= 4 is 11.0 Å². The molecule has 6 heteroatoms. The molecule has 6 nitrogen and oxygen atoms in total. The number of hydrogen-bond acceptors (Lipinski definition) is 4. The summed E-state index contributed by atoms with van der Waals surface area (Å²) in [4.78, 5) is 7.21. The molecule has 25 heavy (non-hydrogen) atoms. The fourth-order valence-corrected chi connectivity index (χ4v) is 3.84. The van der Waals surface area contributed by atoms with E-state index in [-0.39, 0.29) is 0 Å². The number of nitrogens with zero attached hydrogens (tertiary/aromatic N) is 6. The maximum atomic E-state index is 4.89. The van der Waals surface area contributed by atoms with Crippen LogP contribution in [0.3, 0.4) is 0 Å². The van der Waals surface area contributed by atoms with Crippen molar-refractivity contribution in [3.8, 4) is 0 Å². The summed E-state index contributed by atoms with van der Waals surface area (Å²) in [6.45, 7) is 4.68. The van der Waals surface area contributed by atoms with Crippen LogP contribution >= 0.6 is 0 Å². The maximum absolute atomic E-state index is 4.89. The van der Waals surface area contributed by atoms with Crippen LogP contribution in [0.25, 0.3) is 11.0 Å². The molecule has 2 heterocycles. The van der Waals surface area contributed by atoms with Crippen LogP contribution in [-0.4, -0.2) is 36.5 Å². The average molecular weight is 338 g/mol. The Bertz CT molecular complexity index is 891. The van der Waals surface area contributed by atoms with Gasteiger partial charge in [-0.15, -0.1) is 5.10 Å². The molecular weight excluding hydrogens is 312 g/mol. The van der Waals surface area contributed by atoms with Crippen LogP contribution in [-0.2, 0) is 39.5 Å². The molecule has 2 aromatic heterocycles. The van der Waals surface area contributed by atoms with Crippen LogP contribution in [0.1, 0.15) is 42.5 Å². The summed E-state index contributed by atoms with van der Waals surface area (Å²) in [7, 11) is 4.32. The average Bonchev–Trinajstić information content (AvgIpc) is 3.16. The van der Waals surface area contributed by atoms with Gasteiger partial charge >= 0.3 is 0 Å². The summed E-state index contributed by atoms with van der Waals surface area (Å²) in [6, 6.07) is 6.45. The standard InChI is InChI=1S/C19H26N6/c1-4-25-18-10-9-14(11-16(18)21-22-25)12-23(2)13-19-20-15-7-5-6-8-17(15)24(19)3/h9-11H,4-8,12-13H2,1-3H3. The number of imidazole rings is 1. The zero-order chi connectivity index (χ0) is 17.4. The van der Waals surface area contributed by atoms with Gasteiger partial charge in [0.15, 0.2) is 0 Å². The Hall–Kier alpha value is -2.21. The largest absolute Gasteiger partial charge is 0.334 e. The lowest BCUT2D eigenvalue weighted by Crippen LogP contribution is -2.20. The Labute approximate surface area is 148 Å². The van der Waals surface area contributed by atoms with Crippen molar-refractivity contribution < 1.29 is 0 Å². The molecule has 0 amide bonds. The van der Waals surface area contributed by atoms with Gasteiger partial charge in [-0.1, -0.05) is 11.3 Å². The molecule has 1 aliphatic rings. The van der Waals surface area contributed by atoms with Crippen LogP contribution in [0, 0.1) is 0 Å². The van der Waals surface area contributed by atoms with Crippen molar-refractivity contribution in [1.29, 1.82) is 0 Å². The number of rotatable bonds is 5. The molecule has 0 fully saturated rings.